The van der Waals surface area contributed by atoms with Crippen molar-refractivity contribution in [3.05, 3.63) is 30.3 Å². The second kappa shape index (κ2) is 11.8. The van der Waals surface area contributed by atoms with Crippen molar-refractivity contribution in [1.82, 2.24) is 10.2 Å². The predicted molar refractivity (Wildman–Crippen MR) is 111 cm³/mol. The number of nitrogens with two attached hydrogens (primary N) is 1. The minimum atomic E-state index is -1.04. The number of carbonyl (C=O) groups excluding carboxylic acids is 1. The molecule has 1 aromatic carbocycles. The topological polar surface area (TPSA) is 133 Å². The third kappa shape index (κ3) is 7.02. The van der Waals surface area contributed by atoms with E-state index in [4.69, 9.17) is 5.73 Å². The maximum Gasteiger partial charge on any atom is 0.326 e. The molecule has 1 saturated heterocycles. The molecule has 8 nitrogen and oxygen atoms in total. The number of benzene rings is 1. The van der Waals surface area contributed by atoms with Gasteiger partial charge in [-0.1, -0.05) is 24.6 Å². The van der Waals surface area contributed by atoms with Crippen LogP contribution in [0.1, 0.15) is 32.1 Å². The molecule has 5 N–H and O–H groups in total. The molecule has 29 heavy (non-hydrogen) atoms. The van der Waals surface area contributed by atoms with E-state index in [0.717, 1.165) is 4.90 Å². The van der Waals surface area contributed by atoms with E-state index in [1.165, 1.54) is 16.7 Å². The van der Waals surface area contributed by atoms with E-state index >= 15 is 0 Å². The zero-order valence-electron chi connectivity index (χ0n) is 16.3. The quantitative estimate of drug-likeness (QED) is 0.293. The Morgan fingerprint density at radius 1 is 1.17 bits per heavy atom. The van der Waals surface area contributed by atoms with Gasteiger partial charge in [0.25, 0.3) is 0 Å². The number of hydrogen-bond acceptors (Lipinski definition) is 6. The van der Waals surface area contributed by atoms with Gasteiger partial charge >= 0.3 is 11.9 Å². The van der Waals surface area contributed by atoms with Crippen LogP contribution in [0.5, 0.6) is 0 Å². The van der Waals surface area contributed by atoms with Crippen LogP contribution in [0.3, 0.4) is 0 Å². The predicted octanol–water partition coefficient (Wildman–Crippen LogP) is 1.39. The van der Waals surface area contributed by atoms with Crippen molar-refractivity contribution >= 4 is 29.6 Å². The normalized spacial score (nSPS) is 18.4. The van der Waals surface area contributed by atoms with Crippen LogP contribution in [-0.2, 0) is 14.4 Å². The number of aliphatic carboxylic acids is 2. The number of carboxylic acid groups (broad SMARTS) is 2. The summed E-state index contributed by atoms with van der Waals surface area (Å²) in [5.74, 6) is -2.15. The smallest absolute Gasteiger partial charge is 0.326 e. The molecule has 0 spiro atoms. The summed E-state index contributed by atoms with van der Waals surface area (Å²) in [7, 11) is 0. The molecule has 1 aliphatic heterocycles. The molecule has 1 heterocycles. The minimum absolute atomic E-state index is 0.252. The first kappa shape index (κ1) is 23.2. The Labute approximate surface area is 174 Å². The molecule has 0 bridgehead atoms. The average molecular weight is 424 g/mol. The molecule has 3 atom stereocenters. The molecule has 1 aliphatic rings. The van der Waals surface area contributed by atoms with Gasteiger partial charge in [-0.05, 0) is 44.4 Å². The molecule has 0 aromatic heterocycles. The SMILES string of the molecule is NCCCC[C@H](N[C@@H](CSc1ccccc1)C(=O)O)C(=O)N1CCC[C@H]1C(=O)O. The minimum Gasteiger partial charge on any atom is -0.480 e. The molecule has 1 aromatic rings. The number of nitrogens with one attached hydrogen (secondary N) is 1. The molecule has 0 aliphatic carbocycles. The number of rotatable bonds is 12. The van der Waals surface area contributed by atoms with Crippen LogP contribution in [0, 0.1) is 0 Å². The highest BCUT2D eigenvalue weighted by Crippen LogP contribution is 2.21. The Balaban J connectivity index is 2.08. The standard InChI is InChI=1S/C20H29N3O5S/c21-11-5-4-9-15(18(24)23-12-6-10-17(23)20(27)28)22-16(19(25)26)13-29-14-7-2-1-3-8-14/h1-3,7-8,15-17,22H,4-6,9-13,21H2,(H,25,26)(H,27,28)/t15-,16-,17-/m0/s1. The van der Waals surface area contributed by atoms with Gasteiger partial charge < -0.3 is 20.8 Å². The number of nitrogens with zero attached hydrogens (tertiary/aromatic N) is 1. The lowest BCUT2D eigenvalue weighted by Gasteiger charge is -2.29. The van der Waals surface area contributed by atoms with Crippen molar-refractivity contribution in [2.75, 3.05) is 18.8 Å². The highest BCUT2D eigenvalue weighted by atomic mass is 32.2. The first-order chi connectivity index (χ1) is 13.9. The molecule has 160 valence electrons. The van der Waals surface area contributed by atoms with Gasteiger partial charge in [0.15, 0.2) is 0 Å². The number of amides is 1. The van der Waals surface area contributed by atoms with Gasteiger partial charge in [-0.15, -0.1) is 11.8 Å². The summed E-state index contributed by atoms with van der Waals surface area (Å²) in [4.78, 5) is 38.6. The zero-order valence-corrected chi connectivity index (χ0v) is 17.1. The van der Waals surface area contributed by atoms with Crippen molar-refractivity contribution in [3.8, 4) is 0 Å². The molecular formula is C20H29N3O5S. The molecule has 1 amide bonds. The Kier molecular flexibility index (Phi) is 9.43. The third-order valence-electron chi connectivity index (χ3n) is 4.93. The number of carboxylic acids is 2. The summed E-state index contributed by atoms with van der Waals surface area (Å²) in [5.41, 5.74) is 5.55. The average Bonchev–Trinajstić information content (AvgIpc) is 3.20. The van der Waals surface area contributed by atoms with Gasteiger partial charge in [-0.2, -0.15) is 0 Å². The Morgan fingerprint density at radius 3 is 2.52 bits per heavy atom. The molecule has 9 heteroatoms. The molecular weight excluding hydrogens is 394 g/mol. The Hall–Kier alpha value is -2.10. The summed E-state index contributed by atoms with van der Waals surface area (Å²) in [5, 5.41) is 22.0. The van der Waals surface area contributed by atoms with Crippen molar-refractivity contribution in [2.45, 2.75) is 55.1 Å². The van der Waals surface area contributed by atoms with Crippen molar-refractivity contribution in [1.29, 1.82) is 0 Å². The first-order valence-electron chi connectivity index (χ1n) is 9.84. The van der Waals surface area contributed by atoms with Crippen LogP contribution in [0.4, 0.5) is 0 Å². The summed E-state index contributed by atoms with van der Waals surface area (Å²) >= 11 is 1.39. The monoisotopic (exact) mass is 423 g/mol. The lowest BCUT2D eigenvalue weighted by Crippen LogP contribution is -2.54. The molecule has 0 radical (unpaired) electrons. The number of carbonyl (C=O) groups is 3. The lowest BCUT2D eigenvalue weighted by molar-refractivity contribution is -0.149. The Morgan fingerprint density at radius 2 is 1.90 bits per heavy atom. The molecule has 2 rings (SSSR count). The van der Waals surface area contributed by atoms with Crippen LogP contribution >= 0.6 is 11.8 Å². The van der Waals surface area contributed by atoms with E-state index < -0.39 is 30.1 Å². The maximum absolute atomic E-state index is 13.1. The van der Waals surface area contributed by atoms with Gasteiger partial charge in [0.05, 0.1) is 6.04 Å². The largest absolute Gasteiger partial charge is 0.480 e. The lowest BCUT2D eigenvalue weighted by atomic mass is 10.1. The summed E-state index contributed by atoms with van der Waals surface area (Å²) in [6.45, 7) is 0.857. The van der Waals surface area contributed by atoms with Gasteiger partial charge in [0.1, 0.15) is 12.1 Å². The third-order valence-corrected chi connectivity index (χ3v) is 6.03. The molecule has 1 fully saturated rings. The molecule has 0 saturated carbocycles. The van der Waals surface area contributed by atoms with Crippen LogP contribution < -0.4 is 11.1 Å². The fourth-order valence-corrected chi connectivity index (χ4v) is 4.34. The van der Waals surface area contributed by atoms with E-state index in [1.54, 1.807) is 0 Å². The maximum atomic E-state index is 13.1. The van der Waals surface area contributed by atoms with Crippen molar-refractivity contribution in [3.63, 3.8) is 0 Å². The fraction of sp³-hybridized carbons (Fsp3) is 0.550. The number of likely N-dealkylation sites (tertiary alicyclic amines) is 1. The van der Waals surface area contributed by atoms with Crippen LogP contribution in [0.2, 0.25) is 0 Å². The summed E-state index contributed by atoms with van der Waals surface area (Å²) in [6.07, 6.45) is 2.83. The van der Waals surface area contributed by atoms with Crippen molar-refractivity contribution in [2.24, 2.45) is 5.73 Å². The number of hydrogen-bond donors (Lipinski definition) is 4. The van der Waals surface area contributed by atoms with Gasteiger partial charge in [-0.25, -0.2) is 4.79 Å². The summed E-state index contributed by atoms with van der Waals surface area (Å²) < 4.78 is 0. The molecule has 0 unspecified atom stereocenters. The fourth-order valence-electron chi connectivity index (χ4n) is 3.39. The highest BCUT2D eigenvalue weighted by molar-refractivity contribution is 7.99. The first-order valence-corrected chi connectivity index (χ1v) is 10.8. The number of unbranched alkanes of at least 4 members (excludes halogenated alkanes) is 1. The second-order valence-corrected chi connectivity index (χ2v) is 8.14. The van der Waals surface area contributed by atoms with Crippen LogP contribution in [-0.4, -0.2) is 69.9 Å². The van der Waals surface area contributed by atoms with Crippen LogP contribution in [0.25, 0.3) is 0 Å². The van der Waals surface area contributed by atoms with E-state index in [2.05, 4.69) is 5.32 Å². The zero-order chi connectivity index (χ0) is 21.2. The van der Waals surface area contributed by atoms with Crippen LogP contribution in [0.15, 0.2) is 35.2 Å². The van der Waals surface area contributed by atoms with E-state index in [0.29, 0.717) is 45.2 Å². The second-order valence-electron chi connectivity index (χ2n) is 7.05. The van der Waals surface area contributed by atoms with E-state index in [-0.39, 0.29) is 11.7 Å². The summed E-state index contributed by atoms with van der Waals surface area (Å²) in [6, 6.07) is 6.91. The van der Waals surface area contributed by atoms with Gasteiger partial charge in [0, 0.05) is 17.2 Å². The Bertz CT molecular complexity index is 688. The van der Waals surface area contributed by atoms with Gasteiger partial charge in [0.2, 0.25) is 5.91 Å². The van der Waals surface area contributed by atoms with Gasteiger partial charge in [-0.3, -0.25) is 14.9 Å². The van der Waals surface area contributed by atoms with Crippen molar-refractivity contribution < 1.29 is 24.6 Å². The number of thioether (sulfide) groups is 1. The van der Waals surface area contributed by atoms with E-state index in [9.17, 15) is 24.6 Å². The highest BCUT2D eigenvalue weighted by Gasteiger charge is 2.38. The van der Waals surface area contributed by atoms with E-state index in [1.807, 2.05) is 30.3 Å².